The minimum Gasteiger partial charge on any atom is -0.480 e. The second-order valence-corrected chi connectivity index (χ2v) is 13.2. The standard InChI is InChI=1S/C36H37N3O5S/c1-36(2,3)26-17-19-28(20-18-26)44-29-16-10-13-25(22-29)34-39(30(35(42)43)21-24-11-6-4-7-12-24)33(41)31(45-34)23-32(40)38-37-27-14-8-5-9-15-27/h4-20,22,30-31,34,37H,21,23H2,1-3H3,(H,38,40)(H,42,43)/t30-,31?,34?/m0/s1. The quantitative estimate of drug-likeness (QED) is 0.155. The molecule has 4 aromatic carbocycles. The Labute approximate surface area is 267 Å². The number of amides is 2. The van der Waals surface area contributed by atoms with Crippen LogP contribution in [0.3, 0.4) is 0 Å². The number of ether oxygens (including phenoxy) is 1. The van der Waals surface area contributed by atoms with E-state index in [0.29, 0.717) is 22.7 Å². The van der Waals surface area contributed by atoms with E-state index in [1.807, 2.05) is 109 Å². The molecule has 2 unspecified atom stereocenters. The number of benzene rings is 4. The Balaban J connectivity index is 1.40. The van der Waals surface area contributed by atoms with Crippen LogP contribution in [0.4, 0.5) is 5.69 Å². The number of para-hydroxylation sites is 1. The highest BCUT2D eigenvalue weighted by Gasteiger charge is 2.47. The zero-order chi connectivity index (χ0) is 32.0. The lowest BCUT2D eigenvalue weighted by molar-refractivity contribution is -0.150. The molecular formula is C36H37N3O5S. The summed E-state index contributed by atoms with van der Waals surface area (Å²) in [5.41, 5.74) is 8.92. The number of hydrogen-bond acceptors (Lipinski definition) is 6. The lowest BCUT2D eigenvalue weighted by atomic mass is 9.87. The van der Waals surface area contributed by atoms with Crippen molar-refractivity contribution in [1.29, 1.82) is 0 Å². The molecule has 9 heteroatoms. The SMILES string of the molecule is CC(C)(C)c1ccc(Oc2cccc(C3SC(CC(=O)NNc4ccccc4)C(=O)N3[C@@H](Cc3ccccc3)C(=O)O)c2)cc1. The van der Waals surface area contributed by atoms with Gasteiger partial charge >= 0.3 is 5.97 Å². The zero-order valence-electron chi connectivity index (χ0n) is 25.5. The summed E-state index contributed by atoms with van der Waals surface area (Å²) < 4.78 is 6.18. The highest BCUT2D eigenvalue weighted by atomic mass is 32.2. The molecule has 45 heavy (non-hydrogen) atoms. The van der Waals surface area contributed by atoms with Crippen LogP contribution < -0.4 is 15.6 Å². The molecule has 0 radical (unpaired) electrons. The van der Waals surface area contributed by atoms with E-state index in [4.69, 9.17) is 4.74 Å². The summed E-state index contributed by atoms with van der Waals surface area (Å²) in [6, 6.07) is 32.5. The topological polar surface area (TPSA) is 108 Å². The number of thioether (sulfide) groups is 1. The van der Waals surface area contributed by atoms with Crippen molar-refractivity contribution >= 4 is 35.2 Å². The van der Waals surface area contributed by atoms with Crippen molar-refractivity contribution in [2.45, 2.75) is 55.7 Å². The number of carbonyl (C=O) groups is 3. The molecule has 1 aliphatic rings. The van der Waals surface area contributed by atoms with Crippen LogP contribution in [-0.4, -0.2) is 39.1 Å². The molecule has 1 saturated heterocycles. The number of hydrogen-bond donors (Lipinski definition) is 3. The molecule has 0 bridgehead atoms. The molecule has 0 aliphatic carbocycles. The van der Waals surface area contributed by atoms with Crippen molar-refractivity contribution in [3.05, 3.63) is 126 Å². The smallest absolute Gasteiger partial charge is 0.326 e. The van der Waals surface area contributed by atoms with E-state index in [1.165, 1.54) is 22.2 Å². The molecule has 2 amide bonds. The summed E-state index contributed by atoms with van der Waals surface area (Å²) >= 11 is 1.27. The van der Waals surface area contributed by atoms with Crippen LogP contribution in [0.1, 0.15) is 49.3 Å². The van der Waals surface area contributed by atoms with E-state index < -0.39 is 28.5 Å². The fraction of sp³-hybridized carbons (Fsp3) is 0.250. The fourth-order valence-corrected chi connectivity index (χ4v) is 6.65. The lowest BCUT2D eigenvalue weighted by Gasteiger charge is -2.30. The Morgan fingerprint density at radius 3 is 2.20 bits per heavy atom. The minimum absolute atomic E-state index is 0.0135. The number of carboxylic acid groups (broad SMARTS) is 1. The average Bonchev–Trinajstić information content (AvgIpc) is 3.34. The zero-order valence-corrected chi connectivity index (χ0v) is 26.3. The molecular weight excluding hydrogens is 586 g/mol. The predicted molar refractivity (Wildman–Crippen MR) is 177 cm³/mol. The van der Waals surface area contributed by atoms with Crippen molar-refractivity contribution in [2.75, 3.05) is 5.43 Å². The summed E-state index contributed by atoms with van der Waals surface area (Å²) in [7, 11) is 0. The monoisotopic (exact) mass is 623 g/mol. The predicted octanol–water partition coefficient (Wildman–Crippen LogP) is 6.95. The van der Waals surface area contributed by atoms with Gasteiger partial charge in [-0.15, -0.1) is 11.8 Å². The summed E-state index contributed by atoms with van der Waals surface area (Å²) in [4.78, 5) is 41.0. The van der Waals surface area contributed by atoms with E-state index in [2.05, 4.69) is 31.6 Å². The third-order valence-corrected chi connectivity index (χ3v) is 9.01. The number of hydrazine groups is 1. The number of aliphatic carboxylic acids is 1. The second kappa shape index (κ2) is 13.9. The average molecular weight is 624 g/mol. The van der Waals surface area contributed by atoms with Gasteiger partial charge in [0.1, 0.15) is 22.9 Å². The first-order valence-corrected chi connectivity index (χ1v) is 15.8. The van der Waals surface area contributed by atoms with Gasteiger partial charge in [-0.25, -0.2) is 4.79 Å². The van der Waals surface area contributed by atoms with Gasteiger partial charge in [0.15, 0.2) is 0 Å². The number of nitrogens with one attached hydrogen (secondary N) is 2. The third-order valence-electron chi connectivity index (χ3n) is 7.56. The molecule has 3 N–H and O–H groups in total. The van der Waals surface area contributed by atoms with E-state index in [9.17, 15) is 19.5 Å². The first-order chi connectivity index (χ1) is 21.6. The van der Waals surface area contributed by atoms with E-state index in [-0.39, 0.29) is 24.2 Å². The van der Waals surface area contributed by atoms with Crippen LogP contribution in [0.15, 0.2) is 109 Å². The molecule has 1 fully saturated rings. The van der Waals surface area contributed by atoms with Crippen LogP contribution in [0.25, 0.3) is 0 Å². The maximum absolute atomic E-state index is 13.9. The first-order valence-electron chi connectivity index (χ1n) is 14.8. The van der Waals surface area contributed by atoms with E-state index in [1.54, 1.807) is 0 Å². The summed E-state index contributed by atoms with van der Waals surface area (Å²) in [5.74, 6) is -0.657. The summed E-state index contributed by atoms with van der Waals surface area (Å²) in [6.45, 7) is 6.45. The molecule has 1 aliphatic heterocycles. The number of carboxylic acids is 1. The Kier molecular flexibility index (Phi) is 9.78. The van der Waals surface area contributed by atoms with Gasteiger partial charge in [0.2, 0.25) is 11.8 Å². The molecule has 232 valence electrons. The first kappa shape index (κ1) is 31.7. The van der Waals surface area contributed by atoms with Gasteiger partial charge in [-0.1, -0.05) is 93.6 Å². The van der Waals surface area contributed by atoms with Crippen molar-refractivity contribution < 1.29 is 24.2 Å². The largest absolute Gasteiger partial charge is 0.480 e. The van der Waals surface area contributed by atoms with Gasteiger partial charge in [0.05, 0.1) is 10.9 Å². The molecule has 1 heterocycles. The van der Waals surface area contributed by atoms with Gasteiger partial charge in [-0.3, -0.25) is 20.4 Å². The van der Waals surface area contributed by atoms with Crippen LogP contribution in [0.5, 0.6) is 11.5 Å². The van der Waals surface area contributed by atoms with Crippen LogP contribution in [0, 0.1) is 0 Å². The number of carbonyl (C=O) groups excluding carboxylic acids is 2. The van der Waals surface area contributed by atoms with Gasteiger partial charge < -0.3 is 14.7 Å². The summed E-state index contributed by atoms with van der Waals surface area (Å²) in [5, 5.41) is 8.95. The van der Waals surface area contributed by atoms with E-state index in [0.717, 1.165) is 5.56 Å². The molecule has 0 saturated carbocycles. The fourth-order valence-electron chi connectivity index (χ4n) is 5.17. The van der Waals surface area contributed by atoms with Crippen LogP contribution in [0.2, 0.25) is 0 Å². The molecule has 4 aromatic rings. The molecule has 0 spiro atoms. The number of rotatable bonds is 11. The molecule has 0 aromatic heterocycles. The highest BCUT2D eigenvalue weighted by molar-refractivity contribution is 8.01. The lowest BCUT2D eigenvalue weighted by Crippen LogP contribution is -2.46. The normalized spacial score (nSPS) is 17.0. The Hall–Kier alpha value is -4.76. The van der Waals surface area contributed by atoms with Crippen molar-refractivity contribution in [3.63, 3.8) is 0 Å². The summed E-state index contributed by atoms with van der Waals surface area (Å²) in [6.07, 6.45) is 0.00803. The molecule has 5 rings (SSSR count). The highest BCUT2D eigenvalue weighted by Crippen LogP contribution is 2.46. The minimum atomic E-state index is -1.14. The van der Waals surface area contributed by atoms with Gasteiger partial charge in [0, 0.05) is 12.8 Å². The molecule has 3 atom stereocenters. The van der Waals surface area contributed by atoms with E-state index >= 15 is 0 Å². The van der Waals surface area contributed by atoms with Crippen molar-refractivity contribution in [2.24, 2.45) is 0 Å². The number of anilines is 1. The molecule has 8 nitrogen and oxygen atoms in total. The van der Waals surface area contributed by atoms with Gasteiger partial charge in [0.25, 0.3) is 0 Å². The Morgan fingerprint density at radius 1 is 0.889 bits per heavy atom. The van der Waals surface area contributed by atoms with Gasteiger partial charge in [-0.2, -0.15) is 0 Å². The van der Waals surface area contributed by atoms with Crippen LogP contribution >= 0.6 is 11.8 Å². The van der Waals surface area contributed by atoms with Crippen molar-refractivity contribution in [3.8, 4) is 11.5 Å². The second-order valence-electron chi connectivity index (χ2n) is 12.0. The Bertz CT molecular complexity index is 1620. The number of nitrogens with zero attached hydrogens (tertiary/aromatic N) is 1. The van der Waals surface area contributed by atoms with Gasteiger partial charge in [-0.05, 0) is 58.5 Å². The Morgan fingerprint density at radius 2 is 1.56 bits per heavy atom. The third kappa shape index (κ3) is 8.05. The van der Waals surface area contributed by atoms with Crippen LogP contribution in [-0.2, 0) is 26.2 Å². The maximum atomic E-state index is 13.9. The maximum Gasteiger partial charge on any atom is 0.326 e. The van der Waals surface area contributed by atoms with Crippen molar-refractivity contribution in [1.82, 2.24) is 10.3 Å².